The van der Waals surface area contributed by atoms with Crippen molar-refractivity contribution in [2.75, 3.05) is 11.9 Å². The highest BCUT2D eigenvalue weighted by atomic mass is 16.2. The SMILES string of the molecule is Cc1cccc(C)c1NC(=O)NC1CC(=O)N(C(C)C)C1. The number of nitrogens with one attached hydrogen (secondary N) is 2. The molecule has 114 valence electrons. The molecule has 0 aromatic heterocycles. The van der Waals surface area contributed by atoms with Crippen LogP contribution >= 0.6 is 0 Å². The maximum Gasteiger partial charge on any atom is 0.319 e. The van der Waals surface area contributed by atoms with Gasteiger partial charge in [-0.25, -0.2) is 4.79 Å². The molecule has 0 spiro atoms. The van der Waals surface area contributed by atoms with E-state index in [9.17, 15) is 9.59 Å². The molecule has 2 rings (SSSR count). The molecule has 1 aliphatic rings. The fraction of sp³-hybridized carbons (Fsp3) is 0.500. The Hall–Kier alpha value is -2.04. The van der Waals surface area contributed by atoms with Crippen LogP contribution in [0.15, 0.2) is 18.2 Å². The van der Waals surface area contributed by atoms with Gasteiger partial charge in [-0.05, 0) is 38.8 Å². The minimum absolute atomic E-state index is 0.0994. The molecule has 0 aliphatic carbocycles. The van der Waals surface area contributed by atoms with Crippen LogP contribution in [0, 0.1) is 13.8 Å². The van der Waals surface area contributed by atoms with E-state index in [1.54, 1.807) is 4.90 Å². The Morgan fingerprint density at radius 1 is 1.29 bits per heavy atom. The van der Waals surface area contributed by atoms with Crippen molar-refractivity contribution in [2.45, 2.75) is 46.2 Å². The van der Waals surface area contributed by atoms with Crippen LogP contribution in [0.1, 0.15) is 31.4 Å². The van der Waals surface area contributed by atoms with Gasteiger partial charge in [-0.1, -0.05) is 18.2 Å². The second kappa shape index (κ2) is 6.16. The third kappa shape index (κ3) is 3.54. The molecule has 1 saturated heterocycles. The molecule has 1 heterocycles. The molecule has 2 N–H and O–H groups in total. The van der Waals surface area contributed by atoms with Gasteiger partial charge in [0.15, 0.2) is 0 Å². The van der Waals surface area contributed by atoms with Crippen LogP contribution in [0.4, 0.5) is 10.5 Å². The number of hydrogen-bond acceptors (Lipinski definition) is 2. The zero-order valence-electron chi connectivity index (χ0n) is 13.1. The van der Waals surface area contributed by atoms with Gasteiger partial charge in [0.2, 0.25) is 5.91 Å². The molecular formula is C16H23N3O2. The fourth-order valence-corrected chi connectivity index (χ4v) is 2.67. The molecule has 0 bridgehead atoms. The summed E-state index contributed by atoms with van der Waals surface area (Å²) in [6, 6.07) is 5.68. The molecule has 0 saturated carbocycles. The van der Waals surface area contributed by atoms with Gasteiger partial charge < -0.3 is 15.5 Å². The van der Waals surface area contributed by atoms with Gasteiger partial charge in [-0.2, -0.15) is 0 Å². The van der Waals surface area contributed by atoms with E-state index in [0.717, 1.165) is 16.8 Å². The monoisotopic (exact) mass is 289 g/mol. The lowest BCUT2D eigenvalue weighted by molar-refractivity contribution is -0.129. The number of carbonyl (C=O) groups is 2. The highest BCUT2D eigenvalue weighted by Crippen LogP contribution is 2.19. The summed E-state index contributed by atoms with van der Waals surface area (Å²) >= 11 is 0. The molecule has 1 aromatic carbocycles. The number of amides is 3. The van der Waals surface area contributed by atoms with E-state index in [1.165, 1.54) is 0 Å². The summed E-state index contributed by atoms with van der Waals surface area (Å²) < 4.78 is 0. The number of hydrogen-bond donors (Lipinski definition) is 2. The topological polar surface area (TPSA) is 61.4 Å². The predicted octanol–water partition coefficient (Wildman–Crippen LogP) is 2.43. The van der Waals surface area contributed by atoms with Crippen LogP contribution in [0.25, 0.3) is 0 Å². The summed E-state index contributed by atoms with van der Waals surface area (Å²) in [5.41, 5.74) is 2.88. The van der Waals surface area contributed by atoms with E-state index in [4.69, 9.17) is 0 Å². The van der Waals surface area contributed by atoms with Crippen molar-refractivity contribution in [1.82, 2.24) is 10.2 Å². The van der Waals surface area contributed by atoms with Crippen LogP contribution in [0.3, 0.4) is 0 Å². The Bertz CT molecular complexity index is 534. The van der Waals surface area contributed by atoms with Crippen LogP contribution in [0.2, 0.25) is 0 Å². The summed E-state index contributed by atoms with van der Waals surface area (Å²) in [6.07, 6.45) is 0.373. The second-order valence-electron chi connectivity index (χ2n) is 5.91. The van der Waals surface area contributed by atoms with E-state index < -0.39 is 0 Å². The number of benzene rings is 1. The second-order valence-corrected chi connectivity index (χ2v) is 5.91. The number of carbonyl (C=O) groups excluding carboxylic acids is 2. The van der Waals surface area contributed by atoms with E-state index >= 15 is 0 Å². The van der Waals surface area contributed by atoms with Crippen molar-refractivity contribution in [3.63, 3.8) is 0 Å². The van der Waals surface area contributed by atoms with Gasteiger partial charge in [0.05, 0.1) is 6.04 Å². The van der Waals surface area contributed by atoms with Gasteiger partial charge in [0.25, 0.3) is 0 Å². The van der Waals surface area contributed by atoms with Gasteiger partial charge in [0, 0.05) is 24.7 Å². The molecule has 1 atom stereocenters. The van der Waals surface area contributed by atoms with Crippen LogP contribution in [-0.4, -0.2) is 35.5 Å². The molecule has 0 radical (unpaired) electrons. The van der Waals surface area contributed by atoms with Crippen LogP contribution in [-0.2, 0) is 4.79 Å². The molecule has 5 nitrogen and oxygen atoms in total. The molecule has 1 unspecified atom stereocenters. The number of likely N-dealkylation sites (tertiary alicyclic amines) is 1. The largest absolute Gasteiger partial charge is 0.338 e. The van der Waals surface area contributed by atoms with E-state index in [2.05, 4.69) is 10.6 Å². The number of anilines is 1. The van der Waals surface area contributed by atoms with Crippen molar-refractivity contribution >= 4 is 17.6 Å². The van der Waals surface area contributed by atoms with Crippen molar-refractivity contribution in [2.24, 2.45) is 0 Å². The maximum absolute atomic E-state index is 12.1. The van der Waals surface area contributed by atoms with Crippen LogP contribution < -0.4 is 10.6 Å². The number of rotatable bonds is 3. The van der Waals surface area contributed by atoms with Crippen LogP contribution in [0.5, 0.6) is 0 Å². The number of nitrogens with zero attached hydrogens (tertiary/aromatic N) is 1. The van der Waals surface area contributed by atoms with Crippen molar-refractivity contribution in [3.05, 3.63) is 29.3 Å². The number of aryl methyl sites for hydroxylation is 2. The Labute approximate surface area is 125 Å². The first-order valence-electron chi connectivity index (χ1n) is 7.31. The molecule has 5 heteroatoms. The molecule has 1 aromatic rings. The first kappa shape index (κ1) is 15.4. The Balaban J connectivity index is 1.96. The standard InChI is InChI=1S/C16H23N3O2/c1-10(2)19-9-13(8-14(19)20)17-16(21)18-15-11(3)6-5-7-12(15)4/h5-7,10,13H,8-9H2,1-4H3,(H2,17,18,21). The maximum atomic E-state index is 12.1. The normalized spacial score (nSPS) is 18.2. The molecule has 1 aliphatic heterocycles. The molecule has 21 heavy (non-hydrogen) atoms. The van der Waals surface area contributed by atoms with Crippen molar-refractivity contribution in [3.8, 4) is 0 Å². The van der Waals surface area contributed by atoms with Crippen molar-refractivity contribution in [1.29, 1.82) is 0 Å². The van der Waals surface area contributed by atoms with E-state index in [0.29, 0.717) is 13.0 Å². The van der Waals surface area contributed by atoms with Gasteiger partial charge in [-0.3, -0.25) is 4.79 Å². The predicted molar refractivity (Wildman–Crippen MR) is 83.3 cm³/mol. The Morgan fingerprint density at radius 2 is 1.90 bits per heavy atom. The van der Waals surface area contributed by atoms with Gasteiger partial charge in [-0.15, -0.1) is 0 Å². The van der Waals surface area contributed by atoms with Crippen molar-refractivity contribution < 1.29 is 9.59 Å². The quantitative estimate of drug-likeness (QED) is 0.897. The minimum atomic E-state index is -0.254. The lowest BCUT2D eigenvalue weighted by atomic mass is 10.1. The summed E-state index contributed by atoms with van der Waals surface area (Å²) in [4.78, 5) is 25.7. The lowest BCUT2D eigenvalue weighted by Crippen LogP contribution is -2.41. The smallest absolute Gasteiger partial charge is 0.319 e. The summed E-state index contributed by atoms with van der Waals surface area (Å²) in [5, 5.41) is 5.77. The summed E-state index contributed by atoms with van der Waals surface area (Å²) in [6.45, 7) is 8.47. The highest BCUT2D eigenvalue weighted by molar-refractivity contribution is 5.92. The third-order valence-corrected chi connectivity index (χ3v) is 3.84. The average molecular weight is 289 g/mol. The van der Waals surface area contributed by atoms with E-state index in [1.807, 2.05) is 45.9 Å². The summed E-state index contributed by atoms with van der Waals surface area (Å²) in [7, 11) is 0. The zero-order valence-corrected chi connectivity index (χ0v) is 13.1. The Kier molecular flexibility index (Phi) is 4.50. The zero-order chi connectivity index (χ0) is 15.6. The van der Waals surface area contributed by atoms with Gasteiger partial charge in [0.1, 0.15) is 0 Å². The highest BCUT2D eigenvalue weighted by Gasteiger charge is 2.31. The molecule has 3 amide bonds. The lowest BCUT2D eigenvalue weighted by Gasteiger charge is -2.21. The van der Waals surface area contributed by atoms with Gasteiger partial charge >= 0.3 is 6.03 Å². The fourth-order valence-electron chi connectivity index (χ4n) is 2.67. The molecular weight excluding hydrogens is 266 g/mol. The first-order chi connectivity index (χ1) is 9.88. The van der Waals surface area contributed by atoms with E-state index in [-0.39, 0.29) is 24.0 Å². The Morgan fingerprint density at radius 3 is 2.43 bits per heavy atom. The summed E-state index contributed by atoms with van der Waals surface area (Å²) in [5.74, 6) is 0.0994. The average Bonchev–Trinajstić information content (AvgIpc) is 2.75. The molecule has 1 fully saturated rings. The minimum Gasteiger partial charge on any atom is -0.338 e. The first-order valence-corrected chi connectivity index (χ1v) is 7.31. The number of para-hydroxylation sites is 1. The third-order valence-electron chi connectivity index (χ3n) is 3.84. The number of urea groups is 1.